The topological polar surface area (TPSA) is 35.5 Å². The zero-order valence-corrected chi connectivity index (χ0v) is 11.8. The maximum atomic E-state index is 12.0. The number of hydrogen-bond donors (Lipinski definition) is 0. The standard InChI is InChI=1S/C16H20O3/c1-11(2)7-8-18-12-5-6-13-14(17)10-16(3,4)19-15(13)9-12/h5-6,9H,1,7-8,10H2,2-4H3. The second-order valence-electron chi connectivity index (χ2n) is 5.68. The molecule has 19 heavy (non-hydrogen) atoms. The Hall–Kier alpha value is -1.77. The highest BCUT2D eigenvalue weighted by Crippen LogP contribution is 2.35. The lowest BCUT2D eigenvalue weighted by Crippen LogP contribution is -2.35. The van der Waals surface area contributed by atoms with E-state index in [0.29, 0.717) is 24.3 Å². The Morgan fingerprint density at radius 1 is 1.47 bits per heavy atom. The fourth-order valence-corrected chi connectivity index (χ4v) is 2.07. The summed E-state index contributed by atoms with van der Waals surface area (Å²) in [5, 5.41) is 0. The molecule has 3 heteroatoms. The van der Waals surface area contributed by atoms with E-state index in [0.717, 1.165) is 17.7 Å². The summed E-state index contributed by atoms with van der Waals surface area (Å²) in [6.07, 6.45) is 1.23. The summed E-state index contributed by atoms with van der Waals surface area (Å²) in [6, 6.07) is 5.40. The number of carbonyl (C=O) groups is 1. The Kier molecular flexibility index (Phi) is 3.65. The summed E-state index contributed by atoms with van der Waals surface area (Å²) in [6.45, 7) is 10.2. The van der Waals surface area contributed by atoms with E-state index in [1.54, 1.807) is 12.1 Å². The van der Waals surface area contributed by atoms with Crippen molar-refractivity contribution in [2.45, 2.75) is 39.2 Å². The minimum Gasteiger partial charge on any atom is -0.493 e. The highest BCUT2D eigenvalue weighted by atomic mass is 16.5. The van der Waals surface area contributed by atoms with Gasteiger partial charge in [0.2, 0.25) is 0 Å². The summed E-state index contributed by atoms with van der Waals surface area (Å²) in [4.78, 5) is 12.0. The number of ether oxygens (including phenoxy) is 2. The zero-order valence-electron chi connectivity index (χ0n) is 11.8. The third kappa shape index (κ3) is 3.37. The predicted octanol–water partition coefficient (Wildman–Crippen LogP) is 3.78. The van der Waals surface area contributed by atoms with Crippen LogP contribution in [0.2, 0.25) is 0 Å². The van der Waals surface area contributed by atoms with Crippen molar-refractivity contribution in [2.75, 3.05) is 6.61 Å². The number of rotatable bonds is 4. The van der Waals surface area contributed by atoms with Crippen LogP contribution in [0.1, 0.15) is 44.0 Å². The van der Waals surface area contributed by atoms with Crippen LogP contribution in [0.15, 0.2) is 30.4 Å². The molecule has 0 aliphatic carbocycles. The third-order valence-corrected chi connectivity index (χ3v) is 3.02. The molecule has 1 aromatic rings. The van der Waals surface area contributed by atoms with Gasteiger partial charge in [-0.05, 0) is 32.9 Å². The van der Waals surface area contributed by atoms with Gasteiger partial charge in [-0.1, -0.05) is 5.57 Å². The molecule has 0 saturated carbocycles. The SMILES string of the molecule is C=C(C)CCOc1ccc2c(c1)OC(C)(C)CC2=O. The summed E-state index contributed by atoms with van der Waals surface area (Å²) in [5.41, 5.74) is 1.29. The van der Waals surface area contributed by atoms with Crippen LogP contribution in [0, 0.1) is 0 Å². The number of hydrogen-bond acceptors (Lipinski definition) is 3. The van der Waals surface area contributed by atoms with E-state index >= 15 is 0 Å². The summed E-state index contributed by atoms with van der Waals surface area (Å²) >= 11 is 0. The zero-order chi connectivity index (χ0) is 14.0. The van der Waals surface area contributed by atoms with Crippen LogP contribution >= 0.6 is 0 Å². The monoisotopic (exact) mass is 260 g/mol. The first-order valence-electron chi connectivity index (χ1n) is 6.51. The number of benzene rings is 1. The van der Waals surface area contributed by atoms with Gasteiger partial charge in [-0.2, -0.15) is 0 Å². The molecule has 0 bridgehead atoms. The Morgan fingerprint density at radius 3 is 2.89 bits per heavy atom. The van der Waals surface area contributed by atoms with Gasteiger partial charge in [0, 0.05) is 12.5 Å². The molecule has 0 unspecified atom stereocenters. The fraction of sp³-hybridized carbons (Fsp3) is 0.438. The van der Waals surface area contributed by atoms with Crippen molar-refractivity contribution in [3.63, 3.8) is 0 Å². The van der Waals surface area contributed by atoms with Gasteiger partial charge in [0.05, 0.1) is 18.6 Å². The van der Waals surface area contributed by atoms with Gasteiger partial charge >= 0.3 is 0 Å². The number of Topliss-reactive ketones (excluding diaryl/α,β-unsaturated/α-hetero) is 1. The first kappa shape index (κ1) is 13.7. The molecule has 3 nitrogen and oxygen atoms in total. The van der Waals surface area contributed by atoms with Gasteiger partial charge in [0.25, 0.3) is 0 Å². The van der Waals surface area contributed by atoms with E-state index in [1.165, 1.54) is 0 Å². The van der Waals surface area contributed by atoms with E-state index in [1.807, 2.05) is 26.8 Å². The van der Waals surface area contributed by atoms with Gasteiger partial charge in [0.1, 0.15) is 17.1 Å². The van der Waals surface area contributed by atoms with Gasteiger partial charge in [-0.25, -0.2) is 0 Å². The lowest BCUT2D eigenvalue weighted by Gasteiger charge is -2.31. The normalized spacial score (nSPS) is 16.5. The van der Waals surface area contributed by atoms with Crippen molar-refractivity contribution in [3.05, 3.63) is 35.9 Å². The lowest BCUT2D eigenvalue weighted by atomic mass is 9.93. The highest BCUT2D eigenvalue weighted by Gasteiger charge is 2.32. The van der Waals surface area contributed by atoms with Crippen molar-refractivity contribution in [3.8, 4) is 11.5 Å². The molecule has 0 aromatic heterocycles. The van der Waals surface area contributed by atoms with E-state index in [2.05, 4.69) is 6.58 Å². The minimum absolute atomic E-state index is 0.125. The molecule has 0 amide bonds. The Bertz CT molecular complexity index is 515. The third-order valence-electron chi connectivity index (χ3n) is 3.02. The number of carbonyl (C=O) groups excluding carboxylic acids is 1. The quantitative estimate of drug-likeness (QED) is 0.773. The number of fused-ring (bicyclic) bond motifs is 1. The minimum atomic E-state index is -0.444. The van der Waals surface area contributed by atoms with E-state index < -0.39 is 5.60 Å². The van der Waals surface area contributed by atoms with Gasteiger partial charge in [-0.15, -0.1) is 6.58 Å². The van der Waals surface area contributed by atoms with Crippen LogP contribution in [0.5, 0.6) is 11.5 Å². The second kappa shape index (κ2) is 5.08. The van der Waals surface area contributed by atoms with E-state index in [4.69, 9.17) is 9.47 Å². The van der Waals surface area contributed by atoms with Gasteiger partial charge < -0.3 is 9.47 Å². The molecular formula is C16H20O3. The predicted molar refractivity (Wildman–Crippen MR) is 75.0 cm³/mol. The Balaban J connectivity index is 2.14. The van der Waals surface area contributed by atoms with Crippen molar-refractivity contribution in [1.82, 2.24) is 0 Å². The van der Waals surface area contributed by atoms with E-state index in [-0.39, 0.29) is 5.78 Å². The molecule has 1 aliphatic heterocycles. The first-order chi connectivity index (χ1) is 8.87. The Morgan fingerprint density at radius 2 is 2.21 bits per heavy atom. The average Bonchev–Trinajstić information content (AvgIpc) is 2.26. The largest absolute Gasteiger partial charge is 0.493 e. The molecule has 1 aromatic carbocycles. The van der Waals surface area contributed by atoms with Crippen LogP contribution in [0.3, 0.4) is 0 Å². The maximum Gasteiger partial charge on any atom is 0.170 e. The second-order valence-corrected chi connectivity index (χ2v) is 5.68. The van der Waals surface area contributed by atoms with Crippen molar-refractivity contribution >= 4 is 5.78 Å². The molecule has 0 fully saturated rings. The highest BCUT2D eigenvalue weighted by molar-refractivity contribution is 6.00. The van der Waals surface area contributed by atoms with Crippen molar-refractivity contribution < 1.29 is 14.3 Å². The smallest absolute Gasteiger partial charge is 0.170 e. The molecule has 0 atom stereocenters. The fourth-order valence-electron chi connectivity index (χ4n) is 2.07. The van der Waals surface area contributed by atoms with Crippen LogP contribution in [-0.2, 0) is 0 Å². The summed E-state index contributed by atoms with van der Waals surface area (Å²) in [5.74, 6) is 1.47. The van der Waals surface area contributed by atoms with Crippen molar-refractivity contribution in [2.24, 2.45) is 0 Å². The summed E-state index contributed by atoms with van der Waals surface area (Å²) < 4.78 is 11.5. The Labute approximate surface area is 114 Å². The molecule has 1 heterocycles. The first-order valence-corrected chi connectivity index (χ1v) is 6.51. The molecule has 2 rings (SSSR count). The van der Waals surface area contributed by atoms with E-state index in [9.17, 15) is 4.79 Å². The van der Waals surface area contributed by atoms with Gasteiger partial charge in [-0.3, -0.25) is 4.79 Å². The molecule has 1 aliphatic rings. The average molecular weight is 260 g/mol. The molecule has 0 radical (unpaired) electrons. The van der Waals surface area contributed by atoms with Crippen LogP contribution in [0.4, 0.5) is 0 Å². The molecule has 0 N–H and O–H groups in total. The summed E-state index contributed by atoms with van der Waals surface area (Å²) in [7, 11) is 0. The molecular weight excluding hydrogens is 240 g/mol. The van der Waals surface area contributed by atoms with Gasteiger partial charge in [0.15, 0.2) is 5.78 Å². The molecule has 0 saturated heterocycles. The maximum absolute atomic E-state index is 12.0. The molecule has 102 valence electrons. The molecule has 0 spiro atoms. The number of ketones is 1. The lowest BCUT2D eigenvalue weighted by molar-refractivity contribution is 0.0618. The van der Waals surface area contributed by atoms with Crippen LogP contribution in [0.25, 0.3) is 0 Å². The van der Waals surface area contributed by atoms with Crippen LogP contribution < -0.4 is 9.47 Å². The van der Waals surface area contributed by atoms with Crippen LogP contribution in [-0.4, -0.2) is 18.0 Å². The van der Waals surface area contributed by atoms with Crippen molar-refractivity contribution in [1.29, 1.82) is 0 Å².